The van der Waals surface area contributed by atoms with Crippen LogP contribution in [0.5, 0.6) is 0 Å². The second-order valence-electron chi connectivity index (χ2n) is 4.06. The third-order valence-electron chi connectivity index (χ3n) is 2.54. The van der Waals surface area contributed by atoms with E-state index in [1.54, 1.807) is 23.5 Å². The summed E-state index contributed by atoms with van der Waals surface area (Å²) in [5.41, 5.74) is 1.54. The van der Waals surface area contributed by atoms with Crippen LogP contribution in [-0.2, 0) is 6.54 Å². The van der Waals surface area contributed by atoms with Crippen LogP contribution < -0.4 is 5.32 Å². The molecule has 5 heteroatoms. The van der Waals surface area contributed by atoms with Gasteiger partial charge in [0.25, 0.3) is 0 Å². The highest BCUT2D eigenvalue weighted by Gasteiger charge is 2.08. The number of nitrogens with zero attached hydrogens (tertiary/aromatic N) is 1. The summed E-state index contributed by atoms with van der Waals surface area (Å²) in [7, 11) is 0. The lowest BCUT2D eigenvalue weighted by atomic mass is 10.1. The second kappa shape index (κ2) is 6.04. The lowest BCUT2D eigenvalue weighted by molar-refractivity contribution is 0.174. The average Bonchev–Trinajstić information content (AvgIpc) is 2.75. The van der Waals surface area contributed by atoms with E-state index in [0.717, 1.165) is 10.7 Å². The molecule has 1 atom stereocenters. The fraction of sp³-hybridized carbons (Fsp3) is 0.308. The van der Waals surface area contributed by atoms with Gasteiger partial charge in [0, 0.05) is 18.5 Å². The van der Waals surface area contributed by atoms with Gasteiger partial charge >= 0.3 is 0 Å². The molecule has 0 radical (unpaired) electrons. The van der Waals surface area contributed by atoms with Gasteiger partial charge in [-0.05, 0) is 24.6 Å². The van der Waals surface area contributed by atoms with Crippen molar-refractivity contribution in [1.29, 1.82) is 0 Å². The molecule has 0 aliphatic rings. The van der Waals surface area contributed by atoms with E-state index in [1.165, 1.54) is 12.1 Å². The van der Waals surface area contributed by atoms with Gasteiger partial charge < -0.3 is 10.4 Å². The number of thiazole rings is 1. The number of benzene rings is 1. The maximum absolute atomic E-state index is 13.0. The van der Waals surface area contributed by atoms with Crippen molar-refractivity contribution in [3.05, 3.63) is 51.7 Å². The average molecular weight is 266 g/mol. The number of aliphatic hydroxyl groups is 1. The molecular formula is C13H15FN2OS. The van der Waals surface area contributed by atoms with Crippen molar-refractivity contribution in [3.8, 4) is 0 Å². The van der Waals surface area contributed by atoms with Gasteiger partial charge in [0.2, 0.25) is 0 Å². The van der Waals surface area contributed by atoms with Gasteiger partial charge in [0.05, 0.1) is 16.8 Å². The highest BCUT2D eigenvalue weighted by Crippen LogP contribution is 2.13. The molecule has 0 saturated heterocycles. The van der Waals surface area contributed by atoms with Crippen LogP contribution in [0.4, 0.5) is 4.39 Å². The zero-order valence-electron chi connectivity index (χ0n) is 10.1. The normalized spacial score (nSPS) is 12.6. The second-order valence-corrected chi connectivity index (χ2v) is 5.12. The maximum atomic E-state index is 13.0. The van der Waals surface area contributed by atoms with Crippen LogP contribution >= 0.6 is 11.3 Å². The zero-order valence-corrected chi connectivity index (χ0v) is 10.9. The van der Waals surface area contributed by atoms with Crippen LogP contribution in [0.1, 0.15) is 22.4 Å². The molecule has 0 amide bonds. The van der Waals surface area contributed by atoms with Gasteiger partial charge in [0.15, 0.2) is 0 Å². The van der Waals surface area contributed by atoms with Gasteiger partial charge in [-0.15, -0.1) is 11.3 Å². The van der Waals surface area contributed by atoms with Crippen LogP contribution in [0.25, 0.3) is 0 Å². The molecule has 1 aromatic heterocycles. The number of aromatic nitrogens is 1. The number of hydrogen-bond donors (Lipinski definition) is 2. The lowest BCUT2D eigenvalue weighted by Gasteiger charge is -2.11. The predicted octanol–water partition coefficient (Wildman–Crippen LogP) is 2.41. The Bertz CT molecular complexity index is 515. The quantitative estimate of drug-likeness (QED) is 0.873. The van der Waals surface area contributed by atoms with E-state index in [-0.39, 0.29) is 5.82 Å². The number of hydrogen-bond acceptors (Lipinski definition) is 4. The Hall–Kier alpha value is -1.30. The van der Waals surface area contributed by atoms with Gasteiger partial charge in [-0.25, -0.2) is 9.37 Å². The largest absolute Gasteiger partial charge is 0.387 e. The first kappa shape index (κ1) is 13.1. The standard InChI is InChI=1S/C13H15FN2OS/c1-9-16-12(8-18-9)6-15-7-13(17)10-3-2-4-11(14)5-10/h2-5,8,13,15,17H,6-7H2,1H3. The first-order valence-corrected chi connectivity index (χ1v) is 6.58. The summed E-state index contributed by atoms with van der Waals surface area (Å²) in [6.07, 6.45) is -0.708. The number of rotatable bonds is 5. The van der Waals surface area contributed by atoms with Crippen LogP contribution in [0.2, 0.25) is 0 Å². The molecule has 18 heavy (non-hydrogen) atoms. The van der Waals surface area contributed by atoms with E-state index in [9.17, 15) is 9.50 Å². The number of halogens is 1. The third kappa shape index (κ3) is 3.60. The molecular weight excluding hydrogens is 251 g/mol. The minimum Gasteiger partial charge on any atom is -0.387 e. The summed E-state index contributed by atoms with van der Waals surface area (Å²) in [5, 5.41) is 16.0. The minimum atomic E-state index is -0.708. The van der Waals surface area contributed by atoms with Crippen molar-refractivity contribution in [2.24, 2.45) is 0 Å². The Morgan fingerprint density at radius 1 is 1.50 bits per heavy atom. The first-order chi connectivity index (χ1) is 8.65. The van der Waals surface area contributed by atoms with E-state index in [2.05, 4.69) is 10.3 Å². The number of nitrogens with one attached hydrogen (secondary N) is 1. The molecule has 96 valence electrons. The highest BCUT2D eigenvalue weighted by atomic mass is 32.1. The molecule has 2 N–H and O–H groups in total. The van der Waals surface area contributed by atoms with Gasteiger partial charge in [-0.3, -0.25) is 0 Å². The third-order valence-corrected chi connectivity index (χ3v) is 3.37. The maximum Gasteiger partial charge on any atom is 0.123 e. The Balaban J connectivity index is 1.83. The Labute approximate surface area is 109 Å². The molecule has 0 aliphatic carbocycles. The molecule has 0 bridgehead atoms. The summed E-state index contributed by atoms with van der Waals surface area (Å²) in [4.78, 5) is 4.31. The minimum absolute atomic E-state index is 0.332. The van der Waals surface area contributed by atoms with Gasteiger partial charge in [-0.2, -0.15) is 0 Å². The van der Waals surface area contributed by atoms with Crippen molar-refractivity contribution in [1.82, 2.24) is 10.3 Å². The van der Waals surface area contributed by atoms with Crippen LogP contribution in [0.15, 0.2) is 29.6 Å². The van der Waals surface area contributed by atoms with Crippen LogP contribution in [-0.4, -0.2) is 16.6 Å². The Morgan fingerprint density at radius 2 is 2.33 bits per heavy atom. The van der Waals surface area contributed by atoms with Crippen molar-refractivity contribution >= 4 is 11.3 Å². The SMILES string of the molecule is Cc1nc(CNCC(O)c2cccc(F)c2)cs1. The smallest absolute Gasteiger partial charge is 0.123 e. The molecule has 0 fully saturated rings. The molecule has 1 aromatic carbocycles. The van der Waals surface area contributed by atoms with E-state index in [0.29, 0.717) is 18.7 Å². The monoisotopic (exact) mass is 266 g/mol. The van der Waals surface area contributed by atoms with E-state index in [1.807, 2.05) is 12.3 Å². The predicted molar refractivity (Wildman–Crippen MR) is 69.9 cm³/mol. The topological polar surface area (TPSA) is 45.2 Å². The summed E-state index contributed by atoms with van der Waals surface area (Å²) >= 11 is 1.60. The van der Waals surface area contributed by atoms with Crippen molar-refractivity contribution < 1.29 is 9.50 Å². The number of aliphatic hydroxyl groups excluding tert-OH is 1. The van der Waals surface area contributed by atoms with E-state index in [4.69, 9.17) is 0 Å². The lowest BCUT2D eigenvalue weighted by Crippen LogP contribution is -2.21. The summed E-state index contributed by atoms with van der Waals surface area (Å²) in [6.45, 7) is 2.94. The van der Waals surface area contributed by atoms with E-state index >= 15 is 0 Å². The summed E-state index contributed by atoms with van der Waals surface area (Å²) in [6, 6.07) is 6.02. The molecule has 1 unspecified atom stereocenters. The van der Waals surface area contributed by atoms with Crippen molar-refractivity contribution in [3.63, 3.8) is 0 Å². The Morgan fingerprint density at radius 3 is 3.00 bits per heavy atom. The Kier molecular flexibility index (Phi) is 4.41. The fourth-order valence-electron chi connectivity index (χ4n) is 1.66. The molecule has 2 rings (SSSR count). The summed E-state index contributed by atoms with van der Waals surface area (Å²) < 4.78 is 13.0. The first-order valence-electron chi connectivity index (χ1n) is 5.70. The van der Waals surface area contributed by atoms with Crippen LogP contribution in [0, 0.1) is 12.7 Å². The molecule has 3 nitrogen and oxygen atoms in total. The molecule has 1 heterocycles. The van der Waals surface area contributed by atoms with Crippen molar-refractivity contribution in [2.45, 2.75) is 19.6 Å². The van der Waals surface area contributed by atoms with Gasteiger partial charge in [0.1, 0.15) is 5.82 Å². The molecule has 0 aliphatic heterocycles. The summed E-state index contributed by atoms with van der Waals surface area (Å²) in [5.74, 6) is -0.332. The van der Waals surface area contributed by atoms with E-state index < -0.39 is 6.10 Å². The molecule has 2 aromatic rings. The molecule has 0 saturated carbocycles. The molecule has 0 spiro atoms. The van der Waals surface area contributed by atoms with Crippen LogP contribution in [0.3, 0.4) is 0 Å². The fourth-order valence-corrected chi connectivity index (χ4v) is 2.27. The zero-order chi connectivity index (χ0) is 13.0. The highest BCUT2D eigenvalue weighted by molar-refractivity contribution is 7.09. The number of aryl methyl sites for hydroxylation is 1. The van der Waals surface area contributed by atoms with Crippen molar-refractivity contribution in [2.75, 3.05) is 6.54 Å². The van der Waals surface area contributed by atoms with Gasteiger partial charge in [-0.1, -0.05) is 12.1 Å².